The smallest absolute Gasteiger partial charge is 0.273 e. The number of aliphatic hydroxyl groups is 2. The van der Waals surface area contributed by atoms with Crippen LogP contribution in [0.2, 0.25) is 0 Å². The second-order valence-electron chi connectivity index (χ2n) is 3.47. The molecule has 0 aliphatic carbocycles. The minimum absolute atomic E-state index is 0.0932. The molecule has 1 heterocycles. The quantitative estimate of drug-likeness (QED) is 0.729. The van der Waals surface area contributed by atoms with Crippen LogP contribution < -0.4 is 0 Å². The molecule has 0 unspecified atom stereocenters. The van der Waals surface area contributed by atoms with E-state index >= 15 is 0 Å². The molecule has 96 valence electrons. The number of rotatable bonds is 4. The van der Waals surface area contributed by atoms with Crippen LogP contribution in [-0.4, -0.2) is 52.3 Å². The average Bonchev–Trinajstić information content (AvgIpc) is 2.42. The average molecular weight is 248 g/mol. The van der Waals surface area contributed by atoms with Gasteiger partial charge in [0, 0.05) is 19.3 Å². The van der Waals surface area contributed by atoms with E-state index in [4.69, 9.17) is 10.2 Å². The summed E-state index contributed by atoms with van der Waals surface area (Å²) in [5, 5.41) is 17.6. The zero-order valence-corrected chi connectivity index (χ0v) is 10.3. The molecule has 1 aromatic rings. The van der Waals surface area contributed by atoms with E-state index in [0.29, 0.717) is 12.1 Å². The highest BCUT2D eigenvalue weighted by molar-refractivity contribution is 5.94. The van der Waals surface area contributed by atoms with Gasteiger partial charge in [-0.2, -0.15) is 0 Å². The number of aromatic nitrogens is 1. The van der Waals surface area contributed by atoms with Crippen LogP contribution >= 0.6 is 0 Å². The van der Waals surface area contributed by atoms with E-state index in [9.17, 15) is 4.79 Å². The first-order valence-electron chi connectivity index (χ1n) is 5.69. The van der Waals surface area contributed by atoms with Crippen molar-refractivity contribution in [2.24, 2.45) is 0 Å². The van der Waals surface area contributed by atoms with Crippen molar-refractivity contribution in [1.82, 2.24) is 9.88 Å². The van der Waals surface area contributed by atoms with E-state index in [1.807, 2.05) is 6.92 Å². The number of pyridine rings is 1. The lowest BCUT2D eigenvalue weighted by atomic mass is 10.1. The molecule has 5 heteroatoms. The minimum atomic E-state index is -0.269. The number of hydrogen-bond donors (Lipinski definition) is 2. The summed E-state index contributed by atoms with van der Waals surface area (Å²) in [5.41, 5.74) is 0.724. The first-order chi connectivity index (χ1) is 8.74. The van der Waals surface area contributed by atoms with Gasteiger partial charge in [0.05, 0.1) is 12.2 Å². The molecule has 1 rings (SSSR count). The lowest BCUT2D eigenvalue weighted by Crippen LogP contribution is -2.34. The third kappa shape index (κ3) is 3.55. The fourth-order valence-corrected chi connectivity index (χ4v) is 1.49. The first-order valence-corrected chi connectivity index (χ1v) is 5.69. The van der Waals surface area contributed by atoms with E-state index in [1.165, 1.54) is 11.1 Å². The van der Waals surface area contributed by atoms with Gasteiger partial charge in [-0.25, -0.2) is 4.98 Å². The Bertz CT molecular complexity index is 463. The van der Waals surface area contributed by atoms with Crippen LogP contribution in [0.15, 0.2) is 18.3 Å². The van der Waals surface area contributed by atoms with Crippen molar-refractivity contribution in [3.05, 3.63) is 29.6 Å². The number of hydrogen-bond acceptors (Lipinski definition) is 4. The number of likely N-dealkylation sites (N-methyl/N-ethyl adjacent to an activating group) is 1. The van der Waals surface area contributed by atoms with Crippen molar-refractivity contribution in [3.63, 3.8) is 0 Å². The summed E-state index contributed by atoms with van der Waals surface area (Å²) in [6.45, 7) is 2.22. The largest absolute Gasteiger partial charge is 0.395 e. The Balaban J connectivity index is 3.04. The van der Waals surface area contributed by atoms with Crippen molar-refractivity contribution in [2.75, 3.05) is 26.3 Å². The second-order valence-corrected chi connectivity index (χ2v) is 3.47. The van der Waals surface area contributed by atoms with Crippen molar-refractivity contribution in [2.45, 2.75) is 6.92 Å². The topological polar surface area (TPSA) is 73.7 Å². The van der Waals surface area contributed by atoms with E-state index < -0.39 is 0 Å². The summed E-state index contributed by atoms with van der Waals surface area (Å²) >= 11 is 0. The van der Waals surface area contributed by atoms with Gasteiger partial charge >= 0.3 is 0 Å². The van der Waals surface area contributed by atoms with Gasteiger partial charge in [-0.15, -0.1) is 0 Å². The van der Waals surface area contributed by atoms with Gasteiger partial charge < -0.3 is 15.1 Å². The molecule has 1 aromatic heterocycles. The molecule has 5 nitrogen and oxygen atoms in total. The minimum Gasteiger partial charge on any atom is -0.395 e. The standard InChI is InChI=1S/C13H16N2O3/c1-2-15(8-10-17)13(18)12-11(6-4-9-16)5-3-7-14-12/h3,5,7,16-17H,2,8-10H2,1H3. The molecule has 0 spiro atoms. The van der Waals surface area contributed by atoms with Gasteiger partial charge in [0.15, 0.2) is 0 Å². The molecule has 0 saturated heterocycles. The van der Waals surface area contributed by atoms with Crippen LogP contribution in [-0.2, 0) is 0 Å². The normalized spacial score (nSPS) is 9.50. The maximum Gasteiger partial charge on any atom is 0.273 e. The number of amides is 1. The molecule has 18 heavy (non-hydrogen) atoms. The summed E-state index contributed by atoms with van der Waals surface area (Å²) in [6.07, 6.45) is 1.52. The van der Waals surface area contributed by atoms with Crippen molar-refractivity contribution >= 4 is 5.91 Å². The summed E-state index contributed by atoms with van der Waals surface area (Å²) in [6, 6.07) is 3.36. The lowest BCUT2D eigenvalue weighted by molar-refractivity contribution is 0.0726. The molecule has 0 aromatic carbocycles. The van der Waals surface area contributed by atoms with E-state index in [2.05, 4.69) is 16.8 Å². The lowest BCUT2D eigenvalue weighted by Gasteiger charge is -2.19. The third-order valence-electron chi connectivity index (χ3n) is 2.35. The maximum atomic E-state index is 12.2. The number of carbonyl (C=O) groups is 1. The summed E-state index contributed by atoms with van der Waals surface area (Å²) < 4.78 is 0. The molecule has 0 saturated carbocycles. The second kappa shape index (κ2) is 7.43. The fraction of sp³-hybridized carbons (Fsp3) is 0.385. The monoisotopic (exact) mass is 248 g/mol. The van der Waals surface area contributed by atoms with Gasteiger partial charge in [-0.05, 0) is 19.1 Å². The van der Waals surface area contributed by atoms with Gasteiger partial charge in [0.2, 0.25) is 0 Å². The highest BCUT2D eigenvalue weighted by Gasteiger charge is 2.17. The molecule has 0 aliphatic rings. The zero-order valence-electron chi connectivity index (χ0n) is 10.3. The Kier molecular flexibility index (Phi) is 5.85. The maximum absolute atomic E-state index is 12.2. The summed E-state index contributed by atoms with van der Waals surface area (Å²) in [5.74, 6) is 4.92. The Labute approximate surface area is 106 Å². The predicted molar refractivity (Wildman–Crippen MR) is 66.9 cm³/mol. The highest BCUT2D eigenvalue weighted by Crippen LogP contribution is 2.07. The van der Waals surface area contributed by atoms with Gasteiger partial charge in [-0.3, -0.25) is 4.79 Å². The van der Waals surface area contributed by atoms with E-state index in [0.717, 1.165) is 0 Å². The van der Waals surface area contributed by atoms with Gasteiger partial charge in [0.1, 0.15) is 12.3 Å². The molecular weight excluding hydrogens is 232 g/mol. The SMILES string of the molecule is CCN(CCO)C(=O)c1ncccc1C#CCO. The zero-order chi connectivity index (χ0) is 13.4. The molecule has 0 radical (unpaired) electrons. The Morgan fingerprint density at radius 1 is 1.50 bits per heavy atom. The van der Waals surface area contributed by atoms with Crippen molar-refractivity contribution in [3.8, 4) is 11.8 Å². The molecule has 0 fully saturated rings. The van der Waals surface area contributed by atoms with Gasteiger partial charge in [0.25, 0.3) is 5.91 Å². The summed E-state index contributed by atoms with van der Waals surface area (Å²) in [4.78, 5) is 17.7. The molecule has 1 amide bonds. The van der Waals surface area contributed by atoms with Crippen LogP contribution in [0.4, 0.5) is 0 Å². The number of aliphatic hydroxyl groups excluding tert-OH is 2. The number of carbonyl (C=O) groups excluding carboxylic acids is 1. The molecular formula is C13H16N2O3. The fourth-order valence-electron chi connectivity index (χ4n) is 1.49. The van der Waals surface area contributed by atoms with Crippen molar-refractivity contribution in [1.29, 1.82) is 0 Å². The predicted octanol–water partition coefficient (Wildman–Crippen LogP) is -0.120. The Morgan fingerprint density at radius 2 is 2.28 bits per heavy atom. The van der Waals surface area contributed by atoms with Crippen LogP contribution in [0, 0.1) is 11.8 Å². The third-order valence-corrected chi connectivity index (χ3v) is 2.35. The van der Waals surface area contributed by atoms with Crippen LogP contribution in [0.25, 0.3) is 0 Å². The van der Waals surface area contributed by atoms with E-state index in [-0.39, 0.29) is 31.4 Å². The summed E-state index contributed by atoms with van der Waals surface area (Å²) in [7, 11) is 0. The first kappa shape index (κ1) is 14.2. The Hall–Kier alpha value is -1.90. The van der Waals surface area contributed by atoms with Crippen molar-refractivity contribution < 1.29 is 15.0 Å². The molecule has 0 aliphatic heterocycles. The number of nitrogens with zero attached hydrogens (tertiary/aromatic N) is 2. The van der Waals surface area contributed by atoms with Crippen LogP contribution in [0.3, 0.4) is 0 Å². The van der Waals surface area contributed by atoms with Gasteiger partial charge in [-0.1, -0.05) is 11.8 Å². The van der Waals surface area contributed by atoms with Crippen LogP contribution in [0.5, 0.6) is 0 Å². The van der Waals surface area contributed by atoms with E-state index in [1.54, 1.807) is 12.1 Å². The Morgan fingerprint density at radius 3 is 2.89 bits per heavy atom. The highest BCUT2D eigenvalue weighted by atomic mass is 16.3. The molecule has 2 N–H and O–H groups in total. The van der Waals surface area contributed by atoms with Crippen LogP contribution in [0.1, 0.15) is 23.0 Å². The molecule has 0 bridgehead atoms. The molecule has 0 atom stereocenters.